The van der Waals surface area contributed by atoms with E-state index in [0.717, 1.165) is 5.69 Å². The van der Waals surface area contributed by atoms with Gasteiger partial charge in [0, 0.05) is 37.9 Å². The van der Waals surface area contributed by atoms with Crippen molar-refractivity contribution in [3.63, 3.8) is 0 Å². The van der Waals surface area contributed by atoms with E-state index in [1.165, 1.54) is 4.31 Å². The number of nitrogens with one attached hydrogen (secondary N) is 1. The predicted octanol–water partition coefficient (Wildman–Crippen LogP) is 1.64. The number of sulfonamides is 1. The van der Waals surface area contributed by atoms with Crippen LogP contribution in [0.15, 0.2) is 56.6 Å². The molecule has 2 heterocycles. The minimum absolute atomic E-state index is 0.257. The second-order valence-corrected chi connectivity index (χ2v) is 8.20. The van der Waals surface area contributed by atoms with Crippen LogP contribution in [-0.4, -0.2) is 51.0 Å². The molecule has 0 amide bonds. The van der Waals surface area contributed by atoms with Gasteiger partial charge in [-0.25, -0.2) is 13.2 Å². The fraction of sp³-hybridized carbons (Fsp3) is 0.278. The SMILES string of the molecule is COc1ccc(S(=O)(=O)N2CCN(c3ccc4[nH]c(=O)oc4c3)CC2)cc1. The lowest BCUT2D eigenvalue weighted by Crippen LogP contribution is -2.48. The maximum Gasteiger partial charge on any atom is 0.417 e. The van der Waals surface area contributed by atoms with Crippen molar-refractivity contribution in [3.8, 4) is 5.75 Å². The van der Waals surface area contributed by atoms with Crippen LogP contribution in [0.25, 0.3) is 11.1 Å². The number of anilines is 1. The first-order valence-electron chi connectivity index (χ1n) is 8.49. The minimum Gasteiger partial charge on any atom is -0.497 e. The van der Waals surface area contributed by atoms with Gasteiger partial charge in [-0.2, -0.15) is 4.31 Å². The van der Waals surface area contributed by atoms with Crippen LogP contribution in [0, 0.1) is 0 Å². The van der Waals surface area contributed by atoms with Crippen molar-refractivity contribution in [3.05, 3.63) is 53.0 Å². The van der Waals surface area contributed by atoms with Crippen LogP contribution in [0.2, 0.25) is 0 Å². The van der Waals surface area contributed by atoms with E-state index in [1.54, 1.807) is 43.5 Å². The van der Waals surface area contributed by atoms with Gasteiger partial charge in [0.2, 0.25) is 10.0 Å². The highest BCUT2D eigenvalue weighted by molar-refractivity contribution is 7.89. The van der Waals surface area contributed by atoms with E-state index in [9.17, 15) is 13.2 Å². The Kier molecular flexibility index (Phi) is 4.40. The van der Waals surface area contributed by atoms with Crippen molar-refractivity contribution in [1.29, 1.82) is 0 Å². The average Bonchev–Trinajstić information content (AvgIpc) is 3.07. The lowest BCUT2D eigenvalue weighted by atomic mass is 10.2. The first kappa shape index (κ1) is 17.6. The van der Waals surface area contributed by atoms with E-state index < -0.39 is 15.8 Å². The molecular formula is C18H19N3O5S. The van der Waals surface area contributed by atoms with Crippen molar-refractivity contribution in [2.45, 2.75) is 4.90 Å². The minimum atomic E-state index is -3.54. The third-order valence-corrected chi connectivity index (χ3v) is 6.62. The molecule has 2 aromatic carbocycles. The standard InChI is InChI=1S/C18H19N3O5S/c1-25-14-3-5-15(6-4-14)27(23,24)21-10-8-20(9-11-21)13-2-7-16-17(12-13)26-18(22)19-16/h2-7,12H,8-11H2,1H3,(H,19,22). The summed E-state index contributed by atoms with van der Waals surface area (Å²) in [7, 11) is -2.00. The monoisotopic (exact) mass is 389 g/mol. The molecule has 1 aromatic heterocycles. The number of oxazole rings is 1. The Balaban J connectivity index is 1.49. The molecule has 0 bridgehead atoms. The molecule has 9 heteroatoms. The first-order valence-corrected chi connectivity index (χ1v) is 9.93. The number of hydrogen-bond acceptors (Lipinski definition) is 6. The number of methoxy groups -OCH3 is 1. The number of nitrogens with zero attached hydrogens (tertiary/aromatic N) is 2. The smallest absolute Gasteiger partial charge is 0.417 e. The third kappa shape index (κ3) is 3.31. The zero-order valence-corrected chi connectivity index (χ0v) is 15.5. The Bertz CT molecular complexity index is 1110. The van der Waals surface area contributed by atoms with Gasteiger partial charge in [0.1, 0.15) is 5.75 Å². The van der Waals surface area contributed by atoms with Gasteiger partial charge >= 0.3 is 5.76 Å². The summed E-state index contributed by atoms with van der Waals surface area (Å²) >= 11 is 0. The maximum absolute atomic E-state index is 12.8. The Labute approximate surface area is 156 Å². The number of aromatic amines is 1. The van der Waals surface area contributed by atoms with Gasteiger partial charge in [0.25, 0.3) is 0 Å². The topological polar surface area (TPSA) is 95.9 Å². The van der Waals surface area contributed by atoms with Crippen LogP contribution in [-0.2, 0) is 10.0 Å². The van der Waals surface area contributed by atoms with Gasteiger partial charge in [0.15, 0.2) is 5.58 Å². The zero-order chi connectivity index (χ0) is 19.0. The van der Waals surface area contributed by atoms with Crippen LogP contribution in [0.3, 0.4) is 0 Å². The lowest BCUT2D eigenvalue weighted by Gasteiger charge is -2.35. The van der Waals surface area contributed by atoms with Crippen LogP contribution >= 0.6 is 0 Å². The Morgan fingerprint density at radius 3 is 2.41 bits per heavy atom. The molecule has 0 radical (unpaired) electrons. The van der Waals surface area contributed by atoms with Gasteiger partial charge in [-0.15, -0.1) is 0 Å². The molecule has 0 aliphatic carbocycles. The Morgan fingerprint density at radius 1 is 1.04 bits per heavy atom. The molecule has 27 heavy (non-hydrogen) atoms. The molecule has 1 N–H and O–H groups in total. The molecule has 0 atom stereocenters. The van der Waals surface area contributed by atoms with Gasteiger partial charge in [0.05, 0.1) is 17.5 Å². The molecule has 8 nitrogen and oxygen atoms in total. The summed E-state index contributed by atoms with van der Waals surface area (Å²) in [6, 6.07) is 11.9. The van der Waals surface area contributed by atoms with Crippen molar-refractivity contribution in [1.82, 2.24) is 9.29 Å². The molecule has 142 valence electrons. The number of aromatic nitrogens is 1. The van der Waals surface area contributed by atoms with Gasteiger partial charge in [-0.05, 0) is 36.4 Å². The number of hydrogen-bond donors (Lipinski definition) is 1. The number of rotatable bonds is 4. The van der Waals surface area contributed by atoms with Crippen LogP contribution in [0.4, 0.5) is 5.69 Å². The van der Waals surface area contributed by atoms with E-state index in [2.05, 4.69) is 9.88 Å². The summed E-state index contributed by atoms with van der Waals surface area (Å²) in [6.07, 6.45) is 0. The summed E-state index contributed by atoms with van der Waals surface area (Å²) in [5.74, 6) is 0.128. The summed E-state index contributed by atoms with van der Waals surface area (Å²) in [4.78, 5) is 16.2. The summed E-state index contributed by atoms with van der Waals surface area (Å²) in [6.45, 7) is 1.86. The first-order chi connectivity index (χ1) is 13.0. The molecule has 0 spiro atoms. The number of fused-ring (bicyclic) bond motifs is 1. The Morgan fingerprint density at radius 2 is 1.74 bits per heavy atom. The molecule has 1 fully saturated rings. The maximum atomic E-state index is 12.8. The van der Waals surface area contributed by atoms with Crippen molar-refractivity contribution in [2.24, 2.45) is 0 Å². The third-order valence-electron chi connectivity index (χ3n) is 4.71. The van der Waals surface area contributed by atoms with Gasteiger partial charge in [-0.1, -0.05) is 0 Å². The van der Waals surface area contributed by atoms with E-state index >= 15 is 0 Å². The fourth-order valence-corrected chi connectivity index (χ4v) is 4.64. The molecule has 3 aromatic rings. The van der Waals surface area contributed by atoms with Crippen LogP contribution in [0.1, 0.15) is 0 Å². The lowest BCUT2D eigenvalue weighted by molar-refractivity contribution is 0.384. The molecule has 1 aliphatic rings. The molecule has 1 saturated heterocycles. The highest BCUT2D eigenvalue weighted by Gasteiger charge is 2.28. The van der Waals surface area contributed by atoms with E-state index in [0.29, 0.717) is 43.0 Å². The van der Waals surface area contributed by atoms with Crippen LogP contribution < -0.4 is 15.4 Å². The van der Waals surface area contributed by atoms with E-state index in [4.69, 9.17) is 9.15 Å². The van der Waals surface area contributed by atoms with Crippen molar-refractivity contribution >= 4 is 26.8 Å². The summed E-state index contributed by atoms with van der Waals surface area (Å²) in [5, 5.41) is 0. The van der Waals surface area contributed by atoms with E-state index in [-0.39, 0.29) is 4.90 Å². The van der Waals surface area contributed by atoms with Crippen LogP contribution in [0.5, 0.6) is 5.75 Å². The van der Waals surface area contributed by atoms with E-state index in [1.807, 2.05) is 6.07 Å². The van der Waals surface area contributed by atoms with Gasteiger partial charge in [-0.3, -0.25) is 4.98 Å². The zero-order valence-electron chi connectivity index (χ0n) is 14.7. The largest absolute Gasteiger partial charge is 0.497 e. The summed E-state index contributed by atoms with van der Waals surface area (Å²) in [5.41, 5.74) is 2.03. The molecular weight excluding hydrogens is 370 g/mol. The highest BCUT2D eigenvalue weighted by atomic mass is 32.2. The van der Waals surface area contributed by atoms with Crippen molar-refractivity contribution < 1.29 is 17.6 Å². The molecule has 1 aliphatic heterocycles. The number of piperazine rings is 1. The predicted molar refractivity (Wildman–Crippen MR) is 101 cm³/mol. The Hall–Kier alpha value is -2.78. The fourth-order valence-electron chi connectivity index (χ4n) is 3.21. The number of benzene rings is 2. The highest BCUT2D eigenvalue weighted by Crippen LogP contribution is 2.24. The normalized spacial score (nSPS) is 16.0. The molecule has 0 saturated carbocycles. The molecule has 0 unspecified atom stereocenters. The second-order valence-electron chi connectivity index (χ2n) is 6.26. The molecule has 4 rings (SSSR count). The second kappa shape index (κ2) is 6.75. The quantitative estimate of drug-likeness (QED) is 0.729. The number of ether oxygens (including phenoxy) is 1. The summed E-state index contributed by atoms with van der Waals surface area (Å²) < 4.78 is 37.3. The number of H-pyrrole nitrogens is 1. The van der Waals surface area contributed by atoms with Crippen molar-refractivity contribution in [2.75, 3.05) is 38.2 Å². The average molecular weight is 389 g/mol. The van der Waals surface area contributed by atoms with Gasteiger partial charge < -0.3 is 14.1 Å².